The second-order valence-corrected chi connectivity index (χ2v) is 8.19. The molecule has 0 aliphatic carbocycles. The molecule has 1 aromatic carbocycles. The number of rotatable bonds is 7. The van der Waals surface area contributed by atoms with Gasteiger partial charge in [-0.3, -0.25) is 4.90 Å². The first kappa shape index (κ1) is 23.8. The summed E-state index contributed by atoms with van der Waals surface area (Å²) in [6, 6.07) is 3.11. The van der Waals surface area contributed by atoms with Crippen LogP contribution < -0.4 is 9.64 Å². The maximum atomic E-state index is 13.8. The van der Waals surface area contributed by atoms with Gasteiger partial charge in [-0.2, -0.15) is 4.98 Å². The van der Waals surface area contributed by atoms with Gasteiger partial charge < -0.3 is 14.2 Å². The number of likely N-dealkylation sites (N-methyl/N-ethyl adjacent to an activating group) is 1. The van der Waals surface area contributed by atoms with Crippen LogP contribution in [0.2, 0.25) is 0 Å². The van der Waals surface area contributed by atoms with Crippen molar-refractivity contribution in [2.24, 2.45) is 0 Å². The van der Waals surface area contributed by atoms with Gasteiger partial charge in [-0.1, -0.05) is 19.0 Å². The molecule has 3 rings (SSSR count). The Bertz CT molecular complexity index is 801. The van der Waals surface area contributed by atoms with E-state index in [0.29, 0.717) is 18.6 Å². The molecule has 6 nitrogen and oxygen atoms in total. The Morgan fingerprint density at radius 2 is 1.97 bits per heavy atom. The van der Waals surface area contributed by atoms with Gasteiger partial charge in [0.25, 0.3) is 0 Å². The topological polar surface area (TPSA) is 54.6 Å². The first-order chi connectivity index (χ1) is 13.3. The minimum absolute atomic E-state index is 0. The maximum Gasteiger partial charge on any atom is 0.324 e. The van der Waals surface area contributed by atoms with Crippen LogP contribution in [0.5, 0.6) is 5.75 Å². The summed E-state index contributed by atoms with van der Waals surface area (Å²) < 4.78 is 38.2. The fraction of sp³-hybridized carbons (Fsp3) is 0.579. The smallest absolute Gasteiger partial charge is 0.324 e. The molecule has 0 radical (unpaired) electrons. The summed E-state index contributed by atoms with van der Waals surface area (Å²) in [7, 11) is 2.02. The normalized spacial score (nSPS) is 15.1. The zero-order chi connectivity index (χ0) is 20.3. The molecular formula is C19H26BrClF2N4O2. The van der Waals surface area contributed by atoms with Crippen molar-refractivity contribution in [2.75, 3.05) is 38.2 Å². The lowest BCUT2D eigenvalue weighted by Crippen LogP contribution is -2.44. The zero-order valence-corrected chi connectivity index (χ0v) is 19.1. The summed E-state index contributed by atoms with van der Waals surface area (Å²) in [5.74, 6) is -0.224. The molecule has 0 amide bonds. The summed E-state index contributed by atoms with van der Waals surface area (Å²) in [6.45, 7) is 6.65. The van der Waals surface area contributed by atoms with Crippen LogP contribution in [0, 0.1) is 11.6 Å². The van der Waals surface area contributed by atoms with Crippen LogP contribution in [0.3, 0.4) is 0 Å². The first-order valence-corrected chi connectivity index (χ1v) is 10.2. The van der Waals surface area contributed by atoms with Crippen LogP contribution in [0.1, 0.15) is 38.4 Å². The molecule has 0 atom stereocenters. The Hall–Kier alpha value is -1.45. The molecule has 2 heterocycles. The molecule has 162 valence electrons. The van der Waals surface area contributed by atoms with Crippen molar-refractivity contribution < 1.29 is 18.0 Å². The third-order valence-corrected chi connectivity index (χ3v) is 5.59. The van der Waals surface area contributed by atoms with Crippen molar-refractivity contribution in [1.82, 2.24) is 15.0 Å². The quantitative estimate of drug-likeness (QED) is 0.522. The molecule has 1 fully saturated rings. The van der Waals surface area contributed by atoms with Gasteiger partial charge in [-0.15, -0.1) is 12.4 Å². The lowest BCUT2D eigenvalue weighted by molar-refractivity contribution is 0.166. The first-order valence-electron chi connectivity index (χ1n) is 9.41. The molecule has 0 saturated carbocycles. The van der Waals surface area contributed by atoms with Gasteiger partial charge in [0.2, 0.25) is 0 Å². The fourth-order valence-electron chi connectivity index (χ4n) is 3.18. The number of benzene rings is 1. The van der Waals surface area contributed by atoms with Crippen LogP contribution in [-0.4, -0.2) is 54.4 Å². The van der Waals surface area contributed by atoms with Crippen molar-refractivity contribution in [3.8, 4) is 5.75 Å². The fourth-order valence-corrected chi connectivity index (χ4v) is 3.50. The second kappa shape index (κ2) is 10.5. The average Bonchev–Trinajstić information content (AvgIpc) is 3.16. The van der Waals surface area contributed by atoms with Gasteiger partial charge in [0.05, 0.1) is 4.47 Å². The van der Waals surface area contributed by atoms with Gasteiger partial charge in [-0.25, -0.2) is 8.78 Å². The monoisotopic (exact) mass is 494 g/mol. The molecule has 29 heavy (non-hydrogen) atoms. The van der Waals surface area contributed by atoms with E-state index in [2.05, 4.69) is 35.9 Å². The van der Waals surface area contributed by atoms with E-state index in [1.165, 1.54) is 0 Å². The highest BCUT2D eigenvalue weighted by Crippen LogP contribution is 2.25. The average molecular weight is 496 g/mol. The van der Waals surface area contributed by atoms with Crippen LogP contribution in [0.15, 0.2) is 21.1 Å². The predicted octanol–water partition coefficient (Wildman–Crippen LogP) is 4.64. The van der Waals surface area contributed by atoms with E-state index in [4.69, 9.17) is 9.26 Å². The summed E-state index contributed by atoms with van der Waals surface area (Å²) in [5.41, 5.74) is 0. The van der Waals surface area contributed by atoms with E-state index >= 15 is 0 Å². The number of aromatic nitrogens is 2. The van der Waals surface area contributed by atoms with Crippen molar-refractivity contribution in [3.05, 3.63) is 34.1 Å². The minimum atomic E-state index is -0.579. The van der Waals surface area contributed by atoms with Gasteiger partial charge in [-0.05, 0) is 41.9 Å². The Balaban J connectivity index is 0.00000300. The van der Waals surface area contributed by atoms with Crippen molar-refractivity contribution in [2.45, 2.75) is 38.6 Å². The van der Waals surface area contributed by atoms with Crippen LogP contribution >= 0.6 is 28.3 Å². The Labute approximate surface area is 184 Å². The molecule has 1 aliphatic rings. The molecule has 10 heteroatoms. The minimum Gasteiger partial charge on any atom is -0.489 e. The van der Waals surface area contributed by atoms with E-state index in [-0.39, 0.29) is 35.2 Å². The summed E-state index contributed by atoms with van der Waals surface area (Å²) in [4.78, 5) is 8.76. The van der Waals surface area contributed by atoms with E-state index in [9.17, 15) is 8.78 Å². The van der Waals surface area contributed by atoms with Crippen LogP contribution in [0.25, 0.3) is 0 Å². The Morgan fingerprint density at radius 1 is 1.28 bits per heavy atom. The Kier molecular flexibility index (Phi) is 8.66. The molecule has 0 bridgehead atoms. The number of piperidine rings is 1. The van der Waals surface area contributed by atoms with Gasteiger partial charge in [0.15, 0.2) is 17.4 Å². The number of hydrogen-bond donors (Lipinski definition) is 0. The highest BCUT2D eigenvalue weighted by molar-refractivity contribution is 9.10. The van der Waals surface area contributed by atoms with Crippen LogP contribution in [0.4, 0.5) is 14.8 Å². The molecule has 1 aromatic heterocycles. The third kappa shape index (κ3) is 6.02. The van der Waals surface area contributed by atoms with Crippen molar-refractivity contribution in [1.29, 1.82) is 0 Å². The largest absolute Gasteiger partial charge is 0.489 e. The third-order valence-electron chi connectivity index (χ3n) is 4.98. The van der Waals surface area contributed by atoms with Gasteiger partial charge in [0.1, 0.15) is 12.4 Å². The highest BCUT2D eigenvalue weighted by Gasteiger charge is 2.25. The van der Waals surface area contributed by atoms with Crippen molar-refractivity contribution >= 4 is 34.4 Å². The zero-order valence-electron chi connectivity index (χ0n) is 16.7. The number of ether oxygens (including phenoxy) is 1. The summed E-state index contributed by atoms with van der Waals surface area (Å²) >= 11 is 2.96. The standard InChI is InChI=1S/C19H25BrF2N4O2.ClH/c1-12(2)18-23-19(28-24-18)26-6-4-13(5-7-26)25(3)8-9-27-17-11-15(21)14(20)10-16(17)22;/h10-13H,4-9H2,1-3H3;1H. The maximum absolute atomic E-state index is 13.8. The number of hydrogen-bond acceptors (Lipinski definition) is 6. The van der Waals surface area contributed by atoms with Gasteiger partial charge >= 0.3 is 6.01 Å². The number of halogens is 4. The lowest BCUT2D eigenvalue weighted by Gasteiger charge is -2.35. The summed E-state index contributed by atoms with van der Waals surface area (Å²) in [5, 5.41) is 4.02. The second-order valence-electron chi connectivity index (χ2n) is 7.33. The molecule has 1 saturated heterocycles. The van der Waals surface area contributed by atoms with E-state index < -0.39 is 11.6 Å². The predicted molar refractivity (Wildman–Crippen MR) is 113 cm³/mol. The van der Waals surface area contributed by atoms with Crippen LogP contribution in [-0.2, 0) is 0 Å². The lowest BCUT2D eigenvalue weighted by atomic mass is 10.0. The Morgan fingerprint density at radius 3 is 2.59 bits per heavy atom. The van der Waals surface area contributed by atoms with E-state index in [1.807, 2.05) is 20.9 Å². The molecular weight excluding hydrogens is 470 g/mol. The van der Waals surface area contributed by atoms with E-state index in [1.54, 1.807) is 0 Å². The molecule has 1 aliphatic heterocycles. The van der Waals surface area contributed by atoms with Gasteiger partial charge in [0, 0.05) is 37.7 Å². The number of nitrogens with zero attached hydrogens (tertiary/aromatic N) is 4. The molecule has 0 N–H and O–H groups in total. The van der Waals surface area contributed by atoms with E-state index in [0.717, 1.165) is 43.9 Å². The highest BCUT2D eigenvalue weighted by atomic mass is 79.9. The SMILES string of the molecule is CC(C)c1noc(N2CCC(N(C)CCOc3cc(F)c(Br)cc3F)CC2)n1.Cl. The molecule has 0 spiro atoms. The van der Waals surface area contributed by atoms with Crippen molar-refractivity contribution in [3.63, 3.8) is 0 Å². The summed E-state index contributed by atoms with van der Waals surface area (Å²) in [6.07, 6.45) is 1.91. The molecule has 2 aromatic rings. The number of anilines is 1. The molecule has 0 unspecified atom stereocenters.